The number of rotatable bonds is 6. The van der Waals surface area contributed by atoms with Crippen molar-refractivity contribution in [2.75, 3.05) is 34.0 Å². The normalized spacial score (nSPS) is 12.0. The van der Waals surface area contributed by atoms with Crippen LogP contribution in [0.15, 0.2) is 128 Å². The van der Waals surface area contributed by atoms with Crippen molar-refractivity contribution < 1.29 is 32.6 Å². The third-order valence-electron chi connectivity index (χ3n) is 8.84. The van der Waals surface area contributed by atoms with Crippen molar-refractivity contribution in [2.24, 2.45) is 0 Å². The van der Waals surface area contributed by atoms with E-state index < -0.39 is 0 Å². The number of methoxy groups -OCH3 is 1. The van der Waals surface area contributed by atoms with E-state index in [0.717, 1.165) is 32.9 Å². The Hall–Kier alpha value is -7.21. The number of aromatic nitrogens is 2. The molecule has 0 bridgehead atoms. The van der Waals surface area contributed by atoms with Gasteiger partial charge in [-0.3, -0.25) is 24.4 Å². The molecule has 1 N–H and O–H groups in total. The van der Waals surface area contributed by atoms with E-state index in [2.05, 4.69) is 15.3 Å². The lowest BCUT2D eigenvalue weighted by Crippen LogP contribution is -2.24. The number of ether oxygens (including phenoxy) is 4. The van der Waals surface area contributed by atoms with E-state index in [-0.39, 0.29) is 34.7 Å². The summed E-state index contributed by atoms with van der Waals surface area (Å²) in [5, 5.41) is 5.24. The third-order valence-corrected chi connectivity index (χ3v) is 8.84. The van der Waals surface area contributed by atoms with E-state index in [9.17, 15) is 14.4 Å². The van der Waals surface area contributed by atoms with Crippen molar-refractivity contribution in [1.29, 1.82) is 0 Å². The van der Waals surface area contributed by atoms with Crippen molar-refractivity contribution in [2.45, 2.75) is 0 Å². The Morgan fingerprint density at radius 1 is 0.722 bits per heavy atom. The predicted molar refractivity (Wildman–Crippen MR) is 204 cm³/mol. The van der Waals surface area contributed by atoms with E-state index in [1.54, 1.807) is 36.7 Å². The van der Waals surface area contributed by atoms with Gasteiger partial charge in [0, 0.05) is 53.5 Å². The number of hydrogen-bond acceptors (Lipinski definition) is 11. The highest BCUT2D eigenvalue weighted by molar-refractivity contribution is 5.90. The van der Waals surface area contributed by atoms with E-state index in [4.69, 9.17) is 27.8 Å². The largest absolute Gasteiger partial charge is 0.490 e. The molecule has 1 aliphatic heterocycles. The molecule has 0 fully saturated rings. The molecule has 54 heavy (non-hydrogen) atoms. The first-order chi connectivity index (χ1) is 26.4. The maximum Gasteiger partial charge on any atom is 0.257 e. The fraction of sp³-hybridized carbons (Fsp3) is 0.119. The van der Waals surface area contributed by atoms with Crippen LogP contribution in [0.2, 0.25) is 0 Å². The standard InChI is InChI=1S/C22H18N2O5.C20H13NO4/c1-23-20(26)12-28-18-8-6-15-17(25)11-19(29-21(15)22(18)27-2)14-5-7-16-13(10-14)4-3-9-24-16;22-16-11-18(13-3-5-15-12(10-13)2-1-7-21-15)25-19-14(16)4-6-17-20(19)24-9-8-23-17/h3-11H,12H2,1-2H3,(H,23,26);1-7,10-11H,8-9H2. The van der Waals surface area contributed by atoms with Gasteiger partial charge >= 0.3 is 0 Å². The lowest BCUT2D eigenvalue weighted by Gasteiger charge is -2.19. The van der Waals surface area contributed by atoms with Crippen LogP contribution in [0.1, 0.15) is 0 Å². The molecule has 12 heteroatoms. The summed E-state index contributed by atoms with van der Waals surface area (Å²) in [5.41, 5.74) is 3.66. The average Bonchev–Trinajstić information content (AvgIpc) is 3.22. The van der Waals surface area contributed by atoms with Gasteiger partial charge < -0.3 is 33.1 Å². The topological polar surface area (TPSA) is 152 Å². The lowest BCUT2D eigenvalue weighted by molar-refractivity contribution is -0.122. The van der Waals surface area contributed by atoms with Gasteiger partial charge in [0.15, 0.2) is 40.1 Å². The molecule has 9 rings (SSSR count). The highest BCUT2D eigenvalue weighted by Crippen LogP contribution is 2.39. The number of fused-ring (bicyclic) bond motifs is 6. The second kappa shape index (κ2) is 14.4. The Balaban J connectivity index is 0.000000155. The quantitative estimate of drug-likeness (QED) is 0.190. The minimum atomic E-state index is -0.285. The summed E-state index contributed by atoms with van der Waals surface area (Å²) in [6, 6.07) is 28.6. The molecule has 12 nitrogen and oxygen atoms in total. The maximum absolute atomic E-state index is 12.7. The Morgan fingerprint density at radius 2 is 1.31 bits per heavy atom. The molecule has 5 heterocycles. The Labute approximate surface area is 306 Å². The summed E-state index contributed by atoms with van der Waals surface area (Å²) >= 11 is 0. The molecular weight excluding hydrogens is 690 g/mol. The number of hydrogen-bond donors (Lipinski definition) is 1. The number of likely N-dealkylation sites (N-methyl/N-ethyl adjacent to an activating group) is 1. The zero-order chi connectivity index (χ0) is 37.2. The van der Waals surface area contributed by atoms with Gasteiger partial charge in [0.1, 0.15) is 24.7 Å². The van der Waals surface area contributed by atoms with Gasteiger partial charge in [-0.05, 0) is 72.8 Å². The number of pyridine rings is 2. The molecule has 1 amide bonds. The molecule has 268 valence electrons. The van der Waals surface area contributed by atoms with Crippen molar-refractivity contribution in [3.05, 3.63) is 130 Å². The van der Waals surface area contributed by atoms with Gasteiger partial charge in [0.25, 0.3) is 5.91 Å². The van der Waals surface area contributed by atoms with Gasteiger partial charge in [-0.1, -0.05) is 12.1 Å². The van der Waals surface area contributed by atoms with Gasteiger partial charge in [0.05, 0.1) is 28.9 Å². The molecule has 8 aromatic rings. The molecule has 0 aliphatic carbocycles. The lowest BCUT2D eigenvalue weighted by atomic mass is 10.1. The fourth-order valence-electron chi connectivity index (χ4n) is 6.16. The van der Waals surface area contributed by atoms with Crippen LogP contribution in [0.3, 0.4) is 0 Å². The highest BCUT2D eigenvalue weighted by Gasteiger charge is 2.20. The van der Waals surface area contributed by atoms with Crippen LogP contribution < -0.4 is 35.1 Å². The van der Waals surface area contributed by atoms with Crippen molar-refractivity contribution in [1.82, 2.24) is 15.3 Å². The van der Waals surface area contributed by atoms with Crippen LogP contribution in [-0.2, 0) is 4.79 Å². The Kier molecular flexibility index (Phi) is 9.06. The molecule has 0 saturated carbocycles. The second-order valence-electron chi connectivity index (χ2n) is 12.2. The van der Waals surface area contributed by atoms with Crippen LogP contribution >= 0.6 is 0 Å². The molecule has 4 aromatic carbocycles. The SMILES string of the molecule is CNC(=O)COc1ccc2c(=O)cc(-c3ccc4ncccc4c3)oc2c1OC.O=c1cc(-c2ccc3ncccc3c2)oc2c3c(ccc12)OCCO3. The molecule has 0 radical (unpaired) electrons. The van der Waals surface area contributed by atoms with E-state index in [1.165, 1.54) is 26.3 Å². The van der Waals surface area contributed by atoms with Gasteiger partial charge in [-0.15, -0.1) is 0 Å². The first kappa shape index (κ1) is 33.9. The minimum absolute atomic E-state index is 0.112. The van der Waals surface area contributed by atoms with Crippen molar-refractivity contribution >= 4 is 49.7 Å². The third kappa shape index (κ3) is 6.52. The molecule has 0 atom stereocenters. The Morgan fingerprint density at radius 3 is 1.94 bits per heavy atom. The predicted octanol–water partition coefficient (Wildman–Crippen LogP) is 6.92. The summed E-state index contributed by atoms with van der Waals surface area (Å²) in [7, 11) is 2.98. The number of benzene rings is 4. The summed E-state index contributed by atoms with van der Waals surface area (Å²) in [5.74, 6) is 2.26. The molecule has 1 aliphatic rings. The van der Waals surface area contributed by atoms with Crippen molar-refractivity contribution in [3.63, 3.8) is 0 Å². The van der Waals surface area contributed by atoms with Crippen LogP contribution in [0.4, 0.5) is 0 Å². The molecule has 4 aromatic heterocycles. The number of nitrogens with one attached hydrogen (secondary N) is 1. The highest BCUT2D eigenvalue weighted by atomic mass is 16.6. The number of carbonyl (C=O) groups excluding carboxylic acids is 1. The summed E-state index contributed by atoms with van der Waals surface area (Å²) in [6.07, 6.45) is 3.48. The van der Waals surface area contributed by atoms with Gasteiger partial charge in [-0.2, -0.15) is 0 Å². The van der Waals surface area contributed by atoms with Crippen molar-refractivity contribution in [3.8, 4) is 45.6 Å². The smallest absolute Gasteiger partial charge is 0.257 e. The van der Waals surface area contributed by atoms with Gasteiger partial charge in [0.2, 0.25) is 11.5 Å². The summed E-state index contributed by atoms with van der Waals surface area (Å²) in [6.45, 7) is 0.738. The molecule has 0 spiro atoms. The zero-order valence-electron chi connectivity index (χ0n) is 29.1. The molecule has 0 saturated heterocycles. The first-order valence-corrected chi connectivity index (χ1v) is 16.9. The number of nitrogens with zero attached hydrogens (tertiary/aromatic N) is 2. The maximum atomic E-state index is 12.7. The van der Waals surface area contributed by atoms with Crippen LogP contribution in [0, 0.1) is 0 Å². The average molecular weight is 722 g/mol. The summed E-state index contributed by atoms with van der Waals surface area (Å²) < 4.78 is 34.3. The van der Waals surface area contributed by atoms with E-state index >= 15 is 0 Å². The number of carbonyl (C=O) groups is 1. The first-order valence-electron chi connectivity index (χ1n) is 16.9. The monoisotopic (exact) mass is 721 g/mol. The van der Waals surface area contributed by atoms with Crippen LogP contribution in [0.25, 0.3) is 66.4 Å². The van der Waals surface area contributed by atoms with Gasteiger partial charge in [-0.25, -0.2) is 0 Å². The van der Waals surface area contributed by atoms with E-state index in [1.807, 2.05) is 60.7 Å². The molecule has 0 unspecified atom stereocenters. The minimum Gasteiger partial charge on any atom is -0.490 e. The van der Waals surface area contributed by atoms with Crippen LogP contribution in [0.5, 0.6) is 23.0 Å². The zero-order valence-corrected chi connectivity index (χ0v) is 29.1. The fourth-order valence-corrected chi connectivity index (χ4v) is 6.16. The second-order valence-corrected chi connectivity index (χ2v) is 12.2. The molecular formula is C42H31N3O9. The Bertz CT molecular complexity index is 2850. The summed E-state index contributed by atoms with van der Waals surface area (Å²) in [4.78, 5) is 45.4. The number of amides is 1. The van der Waals surface area contributed by atoms with Crippen LogP contribution in [-0.4, -0.2) is 49.9 Å². The van der Waals surface area contributed by atoms with E-state index in [0.29, 0.717) is 58.3 Å².